The minimum atomic E-state index is -0.815. The number of carbonyl (C=O) groups is 2. The van der Waals surface area contributed by atoms with Crippen LogP contribution in [0.3, 0.4) is 0 Å². The quantitative estimate of drug-likeness (QED) is 0.653. The Morgan fingerprint density at radius 1 is 1.35 bits per heavy atom. The first-order valence-corrected chi connectivity index (χ1v) is 5.35. The van der Waals surface area contributed by atoms with Gasteiger partial charge in [-0.3, -0.25) is 9.78 Å². The van der Waals surface area contributed by atoms with Crippen molar-refractivity contribution in [3.05, 3.63) is 24.5 Å². The molecule has 92 valence electrons. The smallest absolute Gasteiger partial charge is 0.319 e. The maximum Gasteiger partial charge on any atom is 0.319 e. The summed E-state index contributed by atoms with van der Waals surface area (Å²) < 4.78 is 0. The third-order valence-electron chi connectivity index (χ3n) is 2.02. The number of urea groups is 1. The Morgan fingerprint density at radius 2 is 2.18 bits per heavy atom. The van der Waals surface area contributed by atoms with Crippen LogP contribution in [0, 0.1) is 0 Å². The number of aromatic nitrogens is 1. The van der Waals surface area contributed by atoms with Gasteiger partial charge in [0, 0.05) is 19.2 Å². The summed E-state index contributed by atoms with van der Waals surface area (Å²) >= 11 is 0. The van der Waals surface area contributed by atoms with Crippen LogP contribution in [0.25, 0.3) is 0 Å². The lowest BCUT2D eigenvalue weighted by Crippen LogP contribution is -2.29. The number of carbonyl (C=O) groups excluding carboxylic acids is 1. The molecule has 2 amide bonds. The number of carboxylic acids is 1. The predicted octanol–water partition coefficient (Wildman–Crippen LogP) is 1.46. The summed E-state index contributed by atoms with van der Waals surface area (Å²) in [6, 6.07) is 3.15. The zero-order valence-electron chi connectivity index (χ0n) is 9.35. The van der Waals surface area contributed by atoms with E-state index in [9.17, 15) is 9.59 Å². The number of nitrogens with zero attached hydrogens (tertiary/aromatic N) is 1. The van der Waals surface area contributed by atoms with E-state index in [4.69, 9.17) is 5.11 Å². The molecule has 0 bridgehead atoms. The first-order valence-electron chi connectivity index (χ1n) is 5.35. The first kappa shape index (κ1) is 13.0. The zero-order valence-corrected chi connectivity index (χ0v) is 9.35. The van der Waals surface area contributed by atoms with E-state index in [0.717, 1.165) is 0 Å². The Morgan fingerprint density at radius 3 is 2.82 bits per heavy atom. The molecule has 6 nitrogen and oxygen atoms in total. The third-order valence-corrected chi connectivity index (χ3v) is 2.02. The van der Waals surface area contributed by atoms with Crippen molar-refractivity contribution in [2.24, 2.45) is 0 Å². The highest BCUT2D eigenvalue weighted by atomic mass is 16.4. The predicted molar refractivity (Wildman–Crippen MR) is 62.7 cm³/mol. The van der Waals surface area contributed by atoms with Crippen LogP contribution < -0.4 is 10.6 Å². The topological polar surface area (TPSA) is 91.3 Å². The van der Waals surface area contributed by atoms with Gasteiger partial charge in [0.25, 0.3) is 0 Å². The molecule has 0 saturated carbocycles. The van der Waals surface area contributed by atoms with Gasteiger partial charge in [-0.2, -0.15) is 0 Å². The summed E-state index contributed by atoms with van der Waals surface area (Å²) in [5, 5.41) is 13.7. The standard InChI is InChI=1S/C11H15N3O3/c15-10(16)5-1-2-7-13-11(17)14-9-4-3-6-12-8-9/h3-4,6,8H,1-2,5,7H2,(H,15,16)(H2,13,14,17). The second-order valence-corrected chi connectivity index (χ2v) is 3.47. The average Bonchev–Trinajstić information content (AvgIpc) is 2.29. The van der Waals surface area contributed by atoms with Crippen LogP contribution in [-0.4, -0.2) is 28.6 Å². The molecule has 0 aromatic carbocycles. The highest BCUT2D eigenvalue weighted by molar-refractivity contribution is 5.88. The van der Waals surface area contributed by atoms with Crippen LogP contribution in [0.15, 0.2) is 24.5 Å². The number of hydrogen-bond donors (Lipinski definition) is 3. The molecule has 1 heterocycles. The van der Waals surface area contributed by atoms with Crippen LogP contribution in [0.5, 0.6) is 0 Å². The van der Waals surface area contributed by atoms with Crippen LogP contribution >= 0.6 is 0 Å². The third kappa shape index (κ3) is 6.14. The number of hydrogen-bond acceptors (Lipinski definition) is 3. The molecule has 1 aromatic heterocycles. The van der Waals surface area contributed by atoms with E-state index < -0.39 is 5.97 Å². The number of anilines is 1. The van der Waals surface area contributed by atoms with Crippen molar-refractivity contribution in [2.45, 2.75) is 19.3 Å². The maximum absolute atomic E-state index is 11.3. The molecular weight excluding hydrogens is 222 g/mol. The van der Waals surface area contributed by atoms with E-state index in [1.54, 1.807) is 24.5 Å². The van der Waals surface area contributed by atoms with Gasteiger partial charge in [-0.05, 0) is 25.0 Å². The summed E-state index contributed by atoms with van der Waals surface area (Å²) in [5.41, 5.74) is 0.621. The van der Waals surface area contributed by atoms with Crippen molar-refractivity contribution >= 4 is 17.7 Å². The van der Waals surface area contributed by atoms with Gasteiger partial charge in [-0.25, -0.2) is 4.79 Å². The molecule has 0 aliphatic rings. The van der Waals surface area contributed by atoms with Crippen LogP contribution in [0.1, 0.15) is 19.3 Å². The summed E-state index contributed by atoms with van der Waals surface area (Å²) in [6.45, 7) is 0.458. The molecule has 0 aliphatic heterocycles. The van der Waals surface area contributed by atoms with Crippen LogP contribution in [0.2, 0.25) is 0 Å². The van der Waals surface area contributed by atoms with Crippen LogP contribution in [0.4, 0.5) is 10.5 Å². The Kier molecular flexibility index (Phi) is 5.50. The summed E-state index contributed by atoms with van der Waals surface area (Å²) in [6.07, 6.45) is 4.50. The first-order chi connectivity index (χ1) is 8.18. The summed E-state index contributed by atoms with van der Waals surface area (Å²) in [4.78, 5) is 25.4. The summed E-state index contributed by atoms with van der Waals surface area (Å²) in [5.74, 6) is -0.815. The molecule has 0 aliphatic carbocycles. The average molecular weight is 237 g/mol. The maximum atomic E-state index is 11.3. The Bertz CT molecular complexity index is 367. The van der Waals surface area contributed by atoms with Gasteiger partial charge in [-0.15, -0.1) is 0 Å². The van der Waals surface area contributed by atoms with Crippen molar-refractivity contribution in [3.63, 3.8) is 0 Å². The van der Waals surface area contributed by atoms with E-state index in [0.29, 0.717) is 25.1 Å². The van der Waals surface area contributed by atoms with E-state index in [1.807, 2.05) is 0 Å². The van der Waals surface area contributed by atoms with Gasteiger partial charge in [0.1, 0.15) is 0 Å². The molecule has 0 saturated heterocycles. The second-order valence-electron chi connectivity index (χ2n) is 3.47. The largest absolute Gasteiger partial charge is 0.481 e. The normalized spacial score (nSPS) is 9.65. The molecule has 17 heavy (non-hydrogen) atoms. The number of carboxylic acid groups (broad SMARTS) is 1. The molecular formula is C11H15N3O3. The molecule has 1 rings (SSSR count). The van der Waals surface area contributed by atoms with Crippen molar-refractivity contribution < 1.29 is 14.7 Å². The number of pyridine rings is 1. The Balaban J connectivity index is 2.12. The number of nitrogens with one attached hydrogen (secondary N) is 2. The lowest BCUT2D eigenvalue weighted by molar-refractivity contribution is -0.137. The molecule has 1 aromatic rings. The fourth-order valence-corrected chi connectivity index (χ4v) is 1.22. The SMILES string of the molecule is O=C(O)CCCCNC(=O)Nc1cccnc1. The van der Waals surface area contributed by atoms with Gasteiger partial charge < -0.3 is 15.7 Å². The van der Waals surface area contributed by atoms with Gasteiger partial charge in [0.2, 0.25) is 0 Å². The van der Waals surface area contributed by atoms with Gasteiger partial charge in [-0.1, -0.05) is 0 Å². The van der Waals surface area contributed by atoms with Crippen molar-refractivity contribution in [2.75, 3.05) is 11.9 Å². The molecule has 6 heteroatoms. The monoisotopic (exact) mass is 237 g/mol. The lowest BCUT2D eigenvalue weighted by Gasteiger charge is -2.06. The molecule has 0 fully saturated rings. The molecule has 3 N–H and O–H groups in total. The number of amides is 2. The van der Waals surface area contributed by atoms with E-state index >= 15 is 0 Å². The molecule has 0 spiro atoms. The Hall–Kier alpha value is -2.11. The zero-order chi connectivity index (χ0) is 12.5. The number of unbranched alkanes of at least 4 members (excludes halogenated alkanes) is 1. The minimum Gasteiger partial charge on any atom is -0.481 e. The molecule has 0 unspecified atom stereocenters. The van der Waals surface area contributed by atoms with Crippen molar-refractivity contribution in [1.29, 1.82) is 0 Å². The van der Waals surface area contributed by atoms with Crippen molar-refractivity contribution in [1.82, 2.24) is 10.3 Å². The lowest BCUT2D eigenvalue weighted by atomic mass is 10.2. The van der Waals surface area contributed by atoms with E-state index in [1.165, 1.54) is 0 Å². The number of aliphatic carboxylic acids is 1. The fourth-order valence-electron chi connectivity index (χ4n) is 1.22. The van der Waals surface area contributed by atoms with Gasteiger partial charge in [0.05, 0.1) is 11.9 Å². The highest BCUT2D eigenvalue weighted by Crippen LogP contribution is 2.01. The fraction of sp³-hybridized carbons (Fsp3) is 0.364. The van der Waals surface area contributed by atoms with Gasteiger partial charge in [0.15, 0.2) is 0 Å². The second kappa shape index (κ2) is 7.21. The molecule has 0 atom stereocenters. The Labute approximate surface area is 99.1 Å². The van der Waals surface area contributed by atoms with E-state index in [-0.39, 0.29) is 12.5 Å². The molecule has 0 radical (unpaired) electrons. The highest BCUT2D eigenvalue weighted by Gasteiger charge is 2.01. The van der Waals surface area contributed by atoms with Crippen molar-refractivity contribution in [3.8, 4) is 0 Å². The van der Waals surface area contributed by atoms with E-state index in [2.05, 4.69) is 15.6 Å². The minimum absolute atomic E-state index is 0.131. The number of rotatable bonds is 6. The van der Waals surface area contributed by atoms with Crippen LogP contribution in [-0.2, 0) is 4.79 Å². The summed E-state index contributed by atoms with van der Waals surface area (Å²) in [7, 11) is 0. The van der Waals surface area contributed by atoms with Gasteiger partial charge >= 0.3 is 12.0 Å².